The van der Waals surface area contributed by atoms with Crippen molar-refractivity contribution in [3.8, 4) is 0 Å². The maximum Gasteiger partial charge on any atom is 0.251 e. The molecular formula is C15H15N3O. The normalized spacial score (nSPS) is 12.6. The van der Waals surface area contributed by atoms with Gasteiger partial charge in [-0.3, -0.25) is 9.78 Å². The van der Waals surface area contributed by atoms with Crippen LogP contribution in [-0.2, 0) is 13.0 Å². The molecule has 0 fully saturated rings. The highest BCUT2D eigenvalue weighted by atomic mass is 16.1. The molecule has 2 N–H and O–H groups in total. The molecule has 1 aliphatic heterocycles. The molecule has 1 aromatic carbocycles. The lowest BCUT2D eigenvalue weighted by Crippen LogP contribution is -2.22. The van der Waals surface area contributed by atoms with Crippen molar-refractivity contribution in [3.05, 3.63) is 59.4 Å². The largest absolute Gasteiger partial charge is 0.384 e. The standard InChI is InChI=1S/C15H15N3O/c19-15(18-10-11-2-1-6-16-9-11)13-4-3-12-5-7-17-14(12)8-13/h1-4,6,8-9,17H,5,7,10H2,(H,18,19). The van der Waals surface area contributed by atoms with Crippen LogP contribution in [0.15, 0.2) is 42.7 Å². The molecule has 0 unspecified atom stereocenters. The molecule has 0 spiro atoms. The average molecular weight is 253 g/mol. The Morgan fingerprint density at radius 3 is 3.16 bits per heavy atom. The topological polar surface area (TPSA) is 54.0 Å². The van der Waals surface area contributed by atoms with Gasteiger partial charge in [0.25, 0.3) is 5.91 Å². The smallest absolute Gasteiger partial charge is 0.251 e. The molecular weight excluding hydrogens is 238 g/mol. The van der Waals surface area contributed by atoms with Gasteiger partial charge in [-0.05, 0) is 35.7 Å². The fourth-order valence-corrected chi connectivity index (χ4v) is 2.22. The van der Waals surface area contributed by atoms with Crippen LogP contribution in [-0.4, -0.2) is 17.4 Å². The average Bonchev–Trinajstić information content (AvgIpc) is 2.93. The maximum absolute atomic E-state index is 12.1. The van der Waals surface area contributed by atoms with Crippen LogP contribution in [0.4, 0.5) is 5.69 Å². The molecule has 1 amide bonds. The highest BCUT2D eigenvalue weighted by Gasteiger charge is 2.13. The van der Waals surface area contributed by atoms with Gasteiger partial charge >= 0.3 is 0 Å². The third-order valence-electron chi connectivity index (χ3n) is 3.26. The van der Waals surface area contributed by atoms with Gasteiger partial charge < -0.3 is 10.6 Å². The first kappa shape index (κ1) is 11.7. The number of carbonyl (C=O) groups excluding carboxylic acids is 1. The Bertz CT molecular complexity index is 596. The number of nitrogens with one attached hydrogen (secondary N) is 2. The van der Waals surface area contributed by atoms with Gasteiger partial charge in [-0.2, -0.15) is 0 Å². The van der Waals surface area contributed by atoms with Gasteiger partial charge in [0.1, 0.15) is 0 Å². The Hall–Kier alpha value is -2.36. The van der Waals surface area contributed by atoms with Crippen molar-refractivity contribution >= 4 is 11.6 Å². The number of carbonyl (C=O) groups is 1. The summed E-state index contributed by atoms with van der Waals surface area (Å²) in [5.41, 5.74) is 4.05. The fourth-order valence-electron chi connectivity index (χ4n) is 2.22. The zero-order chi connectivity index (χ0) is 13.1. The molecule has 96 valence electrons. The second-order valence-corrected chi connectivity index (χ2v) is 4.59. The van der Waals surface area contributed by atoms with Crippen molar-refractivity contribution in [1.82, 2.24) is 10.3 Å². The number of pyridine rings is 1. The van der Waals surface area contributed by atoms with Gasteiger partial charge in [-0.1, -0.05) is 12.1 Å². The van der Waals surface area contributed by atoms with Crippen LogP contribution in [0.2, 0.25) is 0 Å². The summed E-state index contributed by atoms with van der Waals surface area (Å²) in [4.78, 5) is 16.1. The minimum atomic E-state index is -0.0552. The summed E-state index contributed by atoms with van der Waals surface area (Å²) < 4.78 is 0. The fraction of sp³-hybridized carbons (Fsp3) is 0.200. The Labute approximate surface area is 111 Å². The third-order valence-corrected chi connectivity index (χ3v) is 3.26. The van der Waals surface area contributed by atoms with E-state index in [1.165, 1.54) is 5.56 Å². The van der Waals surface area contributed by atoms with Crippen molar-refractivity contribution < 1.29 is 4.79 Å². The van der Waals surface area contributed by atoms with Crippen molar-refractivity contribution in [3.63, 3.8) is 0 Å². The molecule has 0 saturated heterocycles. The molecule has 0 bridgehead atoms. The van der Waals surface area contributed by atoms with Crippen LogP contribution in [0.1, 0.15) is 21.5 Å². The minimum absolute atomic E-state index is 0.0552. The molecule has 2 aromatic rings. The first-order valence-electron chi connectivity index (χ1n) is 6.37. The molecule has 2 heterocycles. The lowest BCUT2D eigenvalue weighted by Gasteiger charge is -2.07. The minimum Gasteiger partial charge on any atom is -0.384 e. The molecule has 0 saturated carbocycles. The van der Waals surface area contributed by atoms with Gasteiger partial charge in [0.15, 0.2) is 0 Å². The van der Waals surface area contributed by atoms with Gasteiger partial charge in [0.2, 0.25) is 0 Å². The van der Waals surface area contributed by atoms with Crippen LogP contribution >= 0.6 is 0 Å². The number of aromatic nitrogens is 1. The van der Waals surface area contributed by atoms with Gasteiger partial charge in [0, 0.05) is 36.7 Å². The summed E-state index contributed by atoms with van der Waals surface area (Å²) in [6, 6.07) is 9.62. The summed E-state index contributed by atoms with van der Waals surface area (Å²) >= 11 is 0. The summed E-state index contributed by atoms with van der Waals surface area (Å²) in [7, 11) is 0. The second-order valence-electron chi connectivity index (χ2n) is 4.59. The van der Waals surface area contributed by atoms with Crippen molar-refractivity contribution in [2.75, 3.05) is 11.9 Å². The van der Waals surface area contributed by atoms with E-state index >= 15 is 0 Å². The monoisotopic (exact) mass is 253 g/mol. The summed E-state index contributed by atoms with van der Waals surface area (Å²) in [6.07, 6.45) is 4.51. The predicted molar refractivity (Wildman–Crippen MR) is 74.0 cm³/mol. The summed E-state index contributed by atoms with van der Waals surface area (Å²) in [5.74, 6) is -0.0552. The Morgan fingerprint density at radius 1 is 1.37 bits per heavy atom. The van der Waals surface area contributed by atoms with E-state index in [0.29, 0.717) is 12.1 Å². The van der Waals surface area contributed by atoms with Crippen LogP contribution < -0.4 is 10.6 Å². The number of amides is 1. The van der Waals surface area contributed by atoms with E-state index in [4.69, 9.17) is 0 Å². The lowest BCUT2D eigenvalue weighted by molar-refractivity contribution is 0.0951. The highest BCUT2D eigenvalue weighted by Crippen LogP contribution is 2.23. The number of rotatable bonds is 3. The highest BCUT2D eigenvalue weighted by molar-refractivity contribution is 5.95. The van der Waals surface area contributed by atoms with Gasteiger partial charge in [-0.25, -0.2) is 0 Å². The van der Waals surface area contributed by atoms with E-state index in [2.05, 4.69) is 15.6 Å². The first-order chi connectivity index (χ1) is 9.33. The molecule has 3 rings (SSSR count). The van der Waals surface area contributed by atoms with Gasteiger partial charge in [-0.15, -0.1) is 0 Å². The number of anilines is 1. The predicted octanol–water partition coefficient (Wildman–Crippen LogP) is 1.98. The zero-order valence-electron chi connectivity index (χ0n) is 10.5. The molecule has 0 radical (unpaired) electrons. The molecule has 4 heteroatoms. The van der Waals surface area contributed by atoms with Crippen LogP contribution in [0.3, 0.4) is 0 Å². The third kappa shape index (κ3) is 2.57. The Balaban J connectivity index is 1.67. The van der Waals surface area contributed by atoms with E-state index in [0.717, 1.165) is 24.2 Å². The van der Waals surface area contributed by atoms with E-state index in [-0.39, 0.29) is 5.91 Å². The molecule has 1 aliphatic rings. The van der Waals surface area contributed by atoms with Crippen LogP contribution in [0, 0.1) is 0 Å². The van der Waals surface area contributed by atoms with E-state index in [1.54, 1.807) is 12.4 Å². The maximum atomic E-state index is 12.1. The molecule has 1 aromatic heterocycles. The second kappa shape index (κ2) is 5.10. The number of hydrogen-bond donors (Lipinski definition) is 2. The molecule has 0 aliphatic carbocycles. The van der Waals surface area contributed by atoms with Crippen LogP contribution in [0.25, 0.3) is 0 Å². The van der Waals surface area contributed by atoms with E-state index in [9.17, 15) is 4.79 Å². The number of fused-ring (bicyclic) bond motifs is 1. The Morgan fingerprint density at radius 2 is 2.32 bits per heavy atom. The first-order valence-corrected chi connectivity index (χ1v) is 6.37. The summed E-state index contributed by atoms with van der Waals surface area (Å²) in [5, 5.41) is 6.18. The number of hydrogen-bond acceptors (Lipinski definition) is 3. The SMILES string of the molecule is O=C(NCc1cccnc1)c1ccc2c(c1)NCC2. The van der Waals surface area contributed by atoms with Crippen molar-refractivity contribution in [2.45, 2.75) is 13.0 Å². The van der Waals surface area contributed by atoms with Gasteiger partial charge in [0.05, 0.1) is 0 Å². The quantitative estimate of drug-likeness (QED) is 0.879. The number of benzene rings is 1. The van der Waals surface area contributed by atoms with E-state index < -0.39 is 0 Å². The lowest BCUT2D eigenvalue weighted by atomic mass is 10.1. The summed E-state index contributed by atoms with van der Waals surface area (Å²) in [6.45, 7) is 1.45. The zero-order valence-corrected chi connectivity index (χ0v) is 10.5. The molecule has 19 heavy (non-hydrogen) atoms. The van der Waals surface area contributed by atoms with E-state index in [1.807, 2.05) is 30.3 Å². The van der Waals surface area contributed by atoms with Crippen molar-refractivity contribution in [1.29, 1.82) is 0 Å². The Kier molecular flexibility index (Phi) is 3.14. The number of nitrogens with zero attached hydrogens (tertiary/aromatic N) is 1. The molecule has 4 nitrogen and oxygen atoms in total. The van der Waals surface area contributed by atoms with Crippen LogP contribution in [0.5, 0.6) is 0 Å². The van der Waals surface area contributed by atoms with Crippen molar-refractivity contribution in [2.24, 2.45) is 0 Å². The molecule has 0 atom stereocenters.